The zero-order chi connectivity index (χ0) is 21.5. The Balaban J connectivity index is 1.54. The van der Waals surface area contributed by atoms with Crippen molar-refractivity contribution in [2.45, 2.75) is 32.2 Å². The van der Waals surface area contributed by atoms with Crippen LogP contribution < -0.4 is 15.8 Å². The molecule has 1 heterocycles. The first-order valence-electron chi connectivity index (χ1n) is 9.72. The van der Waals surface area contributed by atoms with Gasteiger partial charge in [0.2, 0.25) is 11.8 Å². The van der Waals surface area contributed by atoms with Gasteiger partial charge >= 0.3 is 5.97 Å². The topological polar surface area (TPSA) is 105 Å². The van der Waals surface area contributed by atoms with Gasteiger partial charge in [-0.05, 0) is 43.2 Å². The van der Waals surface area contributed by atoms with Gasteiger partial charge in [-0.1, -0.05) is 30.3 Å². The fourth-order valence-corrected chi connectivity index (χ4v) is 3.11. The first-order valence-corrected chi connectivity index (χ1v) is 9.72. The van der Waals surface area contributed by atoms with Crippen LogP contribution in [0.2, 0.25) is 0 Å². The van der Waals surface area contributed by atoms with Gasteiger partial charge in [0.1, 0.15) is 6.04 Å². The highest BCUT2D eigenvalue weighted by molar-refractivity contribution is 6.22. The standard InChI is InChI=1S/C22H23N3O5/c1-2-30-22(29)16-9-11-17(12-10-16)25-20(27)14-18(21(25)28)23-24-19(26)13-8-15-6-4-3-5-7-15/h3-7,9-12,18,23H,2,8,13-14H2,1H3,(H,24,26). The zero-order valence-corrected chi connectivity index (χ0v) is 16.6. The highest BCUT2D eigenvalue weighted by Crippen LogP contribution is 2.23. The minimum absolute atomic E-state index is 0.0720. The van der Waals surface area contributed by atoms with Crippen LogP contribution >= 0.6 is 0 Å². The molecule has 0 saturated carbocycles. The Labute approximate surface area is 174 Å². The number of hydrazine groups is 1. The van der Waals surface area contributed by atoms with Gasteiger partial charge in [0.15, 0.2) is 0 Å². The summed E-state index contributed by atoms with van der Waals surface area (Å²) in [5, 5.41) is 0. The highest BCUT2D eigenvalue weighted by atomic mass is 16.5. The second-order valence-corrected chi connectivity index (χ2v) is 6.77. The minimum Gasteiger partial charge on any atom is -0.462 e. The fourth-order valence-electron chi connectivity index (χ4n) is 3.11. The van der Waals surface area contributed by atoms with Crippen LogP contribution in [0.5, 0.6) is 0 Å². The number of esters is 1. The lowest BCUT2D eigenvalue weighted by atomic mass is 10.1. The van der Waals surface area contributed by atoms with Crippen molar-refractivity contribution in [3.63, 3.8) is 0 Å². The number of carbonyl (C=O) groups excluding carboxylic acids is 4. The van der Waals surface area contributed by atoms with Gasteiger partial charge in [-0.3, -0.25) is 19.8 Å². The van der Waals surface area contributed by atoms with Crippen LogP contribution in [0.15, 0.2) is 54.6 Å². The Bertz CT molecular complexity index is 928. The molecule has 1 atom stereocenters. The summed E-state index contributed by atoms with van der Waals surface area (Å²) in [4.78, 5) is 49.8. The number of rotatable bonds is 8. The van der Waals surface area contributed by atoms with Crippen molar-refractivity contribution in [1.29, 1.82) is 0 Å². The molecule has 8 nitrogen and oxygen atoms in total. The second-order valence-electron chi connectivity index (χ2n) is 6.77. The van der Waals surface area contributed by atoms with Gasteiger partial charge in [0.05, 0.1) is 24.3 Å². The van der Waals surface area contributed by atoms with Gasteiger partial charge in [-0.15, -0.1) is 0 Å². The van der Waals surface area contributed by atoms with Crippen LogP contribution in [0.4, 0.5) is 5.69 Å². The molecule has 0 bridgehead atoms. The maximum absolute atomic E-state index is 12.6. The summed E-state index contributed by atoms with van der Waals surface area (Å²) < 4.78 is 4.92. The molecule has 2 aromatic carbocycles. The quantitative estimate of drug-likeness (QED) is 0.391. The molecule has 0 spiro atoms. The molecule has 156 valence electrons. The van der Waals surface area contributed by atoms with Gasteiger partial charge < -0.3 is 4.74 Å². The number of nitrogens with one attached hydrogen (secondary N) is 2. The summed E-state index contributed by atoms with van der Waals surface area (Å²) in [7, 11) is 0. The summed E-state index contributed by atoms with van der Waals surface area (Å²) in [6.07, 6.45) is 0.757. The molecule has 1 aliphatic heterocycles. The normalized spacial score (nSPS) is 15.9. The van der Waals surface area contributed by atoms with E-state index < -0.39 is 17.9 Å². The molecule has 0 aliphatic carbocycles. The van der Waals surface area contributed by atoms with Crippen LogP contribution in [0.1, 0.15) is 35.7 Å². The number of anilines is 1. The molecular formula is C22H23N3O5. The van der Waals surface area contributed by atoms with Crippen molar-refractivity contribution >= 4 is 29.4 Å². The maximum atomic E-state index is 12.6. The Kier molecular flexibility index (Phi) is 6.92. The Morgan fingerprint density at radius 1 is 1.07 bits per heavy atom. The SMILES string of the molecule is CCOC(=O)c1ccc(N2C(=O)CC(NNC(=O)CCc3ccccc3)C2=O)cc1. The van der Waals surface area contributed by atoms with Crippen molar-refractivity contribution < 1.29 is 23.9 Å². The van der Waals surface area contributed by atoms with Crippen LogP contribution in [0.3, 0.4) is 0 Å². The number of carbonyl (C=O) groups is 4. The van der Waals surface area contributed by atoms with Gasteiger partial charge in [0.25, 0.3) is 5.91 Å². The number of aryl methyl sites for hydroxylation is 1. The van der Waals surface area contributed by atoms with Gasteiger partial charge in [-0.25, -0.2) is 15.1 Å². The van der Waals surface area contributed by atoms with Crippen molar-refractivity contribution in [3.8, 4) is 0 Å². The third-order valence-electron chi connectivity index (χ3n) is 4.65. The molecule has 3 amide bonds. The fraction of sp³-hybridized carbons (Fsp3) is 0.273. The third-order valence-corrected chi connectivity index (χ3v) is 4.65. The molecular weight excluding hydrogens is 386 g/mol. The third kappa shape index (κ3) is 5.09. The van der Waals surface area contributed by atoms with E-state index in [0.29, 0.717) is 17.7 Å². The molecule has 30 heavy (non-hydrogen) atoms. The average Bonchev–Trinajstić information content (AvgIpc) is 3.05. The Morgan fingerprint density at radius 3 is 2.43 bits per heavy atom. The Hall–Kier alpha value is -3.52. The van der Waals surface area contributed by atoms with E-state index in [1.165, 1.54) is 24.3 Å². The smallest absolute Gasteiger partial charge is 0.338 e. The lowest BCUT2D eigenvalue weighted by molar-refractivity contribution is -0.123. The van der Waals surface area contributed by atoms with E-state index >= 15 is 0 Å². The summed E-state index contributed by atoms with van der Waals surface area (Å²) in [6, 6.07) is 14.8. The predicted molar refractivity (Wildman–Crippen MR) is 109 cm³/mol. The van der Waals surface area contributed by atoms with E-state index in [4.69, 9.17) is 4.74 Å². The minimum atomic E-state index is -0.845. The summed E-state index contributed by atoms with van der Waals surface area (Å²) in [5.41, 5.74) is 6.90. The average molecular weight is 409 g/mol. The summed E-state index contributed by atoms with van der Waals surface area (Å²) in [5.74, 6) is -1.59. The van der Waals surface area contributed by atoms with Crippen molar-refractivity contribution in [2.24, 2.45) is 0 Å². The molecule has 2 N–H and O–H groups in total. The van der Waals surface area contributed by atoms with E-state index in [0.717, 1.165) is 10.5 Å². The number of imide groups is 1. The van der Waals surface area contributed by atoms with Gasteiger partial charge in [0, 0.05) is 6.42 Å². The number of amides is 3. The van der Waals surface area contributed by atoms with Crippen molar-refractivity contribution in [3.05, 3.63) is 65.7 Å². The first kappa shape index (κ1) is 21.2. The predicted octanol–water partition coefficient (Wildman–Crippen LogP) is 1.75. The molecule has 2 aromatic rings. The second kappa shape index (κ2) is 9.80. The number of hydrogen-bond acceptors (Lipinski definition) is 6. The molecule has 1 fully saturated rings. The van der Waals surface area contributed by atoms with Crippen molar-refractivity contribution in [1.82, 2.24) is 10.9 Å². The molecule has 8 heteroatoms. The van der Waals surface area contributed by atoms with E-state index in [-0.39, 0.29) is 31.3 Å². The molecule has 1 aliphatic rings. The lowest BCUT2D eigenvalue weighted by Gasteiger charge is -2.16. The zero-order valence-electron chi connectivity index (χ0n) is 16.6. The molecule has 0 aromatic heterocycles. The summed E-state index contributed by atoms with van der Waals surface area (Å²) in [6.45, 7) is 1.97. The van der Waals surface area contributed by atoms with E-state index in [1.54, 1.807) is 6.92 Å². The lowest BCUT2D eigenvalue weighted by Crippen LogP contribution is -2.48. The van der Waals surface area contributed by atoms with Crippen LogP contribution in [0, 0.1) is 0 Å². The monoisotopic (exact) mass is 409 g/mol. The molecule has 1 saturated heterocycles. The highest BCUT2D eigenvalue weighted by Gasteiger charge is 2.39. The van der Waals surface area contributed by atoms with Crippen LogP contribution in [0.25, 0.3) is 0 Å². The maximum Gasteiger partial charge on any atom is 0.338 e. The Morgan fingerprint density at radius 2 is 1.77 bits per heavy atom. The number of benzene rings is 2. The van der Waals surface area contributed by atoms with Crippen LogP contribution in [-0.2, 0) is 25.5 Å². The first-order chi connectivity index (χ1) is 14.5. The molecule has 3 rings (SSSR count). The number of ether oxygens (including phenoxy) is 1. The van der Waals surface area contributed by atoms with Crippen LogP contribution in [-0.4, -0.2) is 36.3 Å². The largest absolute Gasteiger partial charge is 0.462 e. The summed E-state index contributed by atoms with van der Waals surface area (Å²) >= 11 is 0. The number of nitrogens with zero attached hydrogens (tertiary/aromatic N) is 1. The van der Waals surface area contributed by atoms with Gasteiger partial charge in [-0.2, -0.15) is 0 Å². The number of hydrogen-bond donors (Lipinski definition) is 2. The van der Waals surface area contributed by atoms with E-state index in [1.807, 2.05) is 30.3 Å². The van der Waals surface area contributed by atoms with Crippen molar-refractivity contribution in [2.75, 3.05) is 11.5 Å². The molecule has 0 radical (unpaired) electrons. The van der Waals surface area contributed by atoms with E-state index in [2.05, 4.69) is 10.9 Å². The molecule has 1 unspecified atom stereocenters. The van der Waals surface area contributed by atoms with E-state index in [9.17, 15) is 19.2 Å².